The van der Waals surface area contributed by atoms with E-state index in [-0.39, 0.29) is 0 Å². The summed E-state index contributed by atoms with van der Waals surface area (Å²) in [4.78, 5) is 1.22. The molecule has 4 heteroatoms. The Hall–Kier alpha value is -0.320. The van der Waals surface area contributed by atoms with Gasteiger partial charge in [0.1, 0.15) is 12.4 Å². The summed E-state index contributed by atoms with van der Waals surface area (Å²) in [7, 11) is 0. The fraction of sp³-hybridized carbons (Fsp3) is 0.167. The zero-order valence-electron chi connectivity index (χ0n) is 8.45. The van der Waals surface area contributed by atoms with Crippen LogP contribution in [0.2, 0.25) is 0 Å². The van der Waals surface area contributed by atoms with Crippen LogP contribution in [0.5, 0.6) is 5.75 Å². The molecule has 16 heavy (non-hydrogen) atoms. The van der Waals surface area contributed by atoms with Gasteiger partial charge in [-0.25, -0.2) is 0 Å². The molecule has 0 unspecified atom stereocenters. The number of halogens is 2. The summed E-state index contributed by atoms with van der Waals surface area (Å²) < 4.78 is 6.82. The Labute approximate surface area is 116 Å². The molecule has 0 spiro atoms. The number of hydrogen-bond acceptors (Lipinski definition) is 2. The average molecular weight is 362 g/mol. The molecule has 0 fully saturated rings. The Morgan fingerprint density at radius 3 is 2.38 bits per heavy atom. The van der Waals surface area contributed by atoms with E-state index in [9.17, 15) is 0 Å². The summed E-state index contributed by atoms with van der Waals surface area (Å²) in [5.74, 6) is 0.911. The van der Waals surface area contributed by atoms with Crippen LogP contribution in [0.1, 0.15) is 10.4 Å². The van der Waals surface area contributed by atoms with Gasteiger partial charge in [0.25, 0.3) is 0 Å². The largest absolute Gasteiger partial charge is 0.488 e. The van der Waals surface area contributed by atoms with E-state index in [1.807, 2.05) is 18.2 Å². The third-order valence-electron chi connectivity index (χ3n) is 2.09. The first-order valence-electron chi connectivity index (χ1n) is 4.80. The number of hydrogen-bond donors (Lipinski definition) is 0. The van der Waals surface area contributed by atoms with E-state index in [4.69, 9.17) is 4.74 Å². The Kier molecular flexibility index (Phi) is 4.44. The molecule has 1 heterocycles. The summed E-state index contributed by atoms with van der Waals surface area (Å²) in [5.41, 5.74) is 1.26. The Morgan fingerprint density at radius 1 is 1.06 bits per heavy atom. The normalized spacial score (nSPS) is 10.4. The van der Waals surface area contributed by atoms with Gasteiger partial charge in [-0.2, -0.15) is 0 Å². The number of ether oxygens (including phenoxy) is 1. The highest BCUT2D eigenvalue weighted by atomic mass is 79.9. The molecule has 1 nitrogen and oxygen atoms in total. The molecule has 0 saturated heterocycles. The van der Waals surface area contributed by atoms with Crippen molar-refractivity contribution in [3.05, 3.63) is 50.6 Å². The third kappa shape index (κ3) is 3.34. The second-order valence-corrected chi connectivity index (χ2v) is 6.38. The van der Waals surface area contributed by atoms with Crippen molar-refractivity contribution in [1.82, 2.24) is 0 Å². The van der Waals surface area contributed by atoms with Gasteiger partial charge in [0, 0.05) is 10.2 Å². The Morgan fingerprint density at radius 2 is 1.81 bits per heavy atom. The second-order valence-electron chi connectivity index (χ2n) is 3.27. The van der Waals surface area contributed by atoms with Crippen LogP contribution in [0.4, 0.5) is 0 Å². The number of benzene rings is 1. The molecule has 0 N–H and O–H groups in total. The molecule has 84 valence electrons. The van der Waals surface area contributed by atoms with Crippen LogP contribution >= 0.6 is 43.2 Å². The highest BCUT2D eigenvalue weighted by Crippen LogP contribution is 2.23. The summed E-state index contributed by atoms with van der Waals surface area (Å²) in [6, 6.07) is 12.2. The van der Waals surface area contributed by atoms with Gasteiger partial charge in [0.15, 0.2) is 0 Å². The monoisotopic (exact) mass is 360 g/mol. The molecule has 2 rings (SSSR count). The highest BCUT2D eigenvalue weighted by molar-refractivity contribution is 9.11. The quantitative estimate of drug-likeness (QED) is 0.697. The fourth-order valence-electron chi connectivity index (χ4n) is 1.26. The molecular formula is C12H10Br2OS. The summed E-state index contributed by atoms with van der Waals surface area (Å²) in [6.07, 6.45) is 0. The topological polar surface area (TPSA) is 9.23 Å². The van der Waals surface area contributed by atoms with Crippen molar-refractivity contribution in [1.29, 1.82) is 0 Å². The van der Waals surface area contributed by atoms with E-state index in [0.29, 0.717) is 6.61 Å². The molecule has 1 aromatic heterocycles. The number of alkyl halides is 1. The van der Waals surface area contributed by atoms with Crippen molar-refractivity contribution in [2.45, 2.75) is 11.9 Å². The van der Waals surface area contributed by atoms with Crippen LogP contribution in [-0.4, -0.2) is 0 Å². The Bertz CT molecular complexity index is 450. The highest BCUT2D eigenvalue weighted by Gasteiger charge is 1.99. The predicted octanol–water partition coefficient (Wildman–Crippen LogP) is 4.98. The maximum Gasteiger partial charge on any atom is 0.122 e. The van der Waals surface area contributed by atoms with Gasteiger partial charge >= 0.3 is 0 Å². The van der Waals surface area contributed by atoms with Crippen molar-refractivity contribution >= 4 is 43.2 Å². The SMILES string of the molecule is BrCc1ccc(OCc2ccc(Br)s2)cc1. The Balaban J connectivity index is 1.94. The maximum atomic E-state index is 5.68. The maximum absolute atomic E-state index is 5.68. The zero-order valence-corrected chi connectivity index (χ0v) is 12.4. The molecular weight excluding hydrogens is 352 g/mol. The predicted molar refractivity (Wildman–Crippen MR) is 75.4 cm³/mol. The standard InChI is InChI=1S/C12H10Br2OS/c13-7-9-1-3-10(4-2-9)15-8-11-5-6-12(14)16-11/h1-6H,7-8H2. The smallest absolute Gasteiger partial charge is 0.122 e. The van der Waals surface area contributed by atoms with Gasteiger partial charge in [-0.3, -0.25) is 0 Å². The van der Waals surface area contributed by atoms with Crippen molar-refractivity contribution in [3.63, 3.8) is 0 Å². The molecule has 0 amide bonds. The van der Waals surface area contributed by atoms with Crippen LogP contribution in [0.15, 0.2) is 40.2 Å². The lowest BCUT2D eigenvalue weighted by Crippen LogP contribution is -1.92. The first kappa shape index (κ1) is 12.1. The molecule has 0 aliphatic carbocycles. The molecule has 1 aromatic carbocycles. The van der Waals surface area contributed by atoms with E-state index in [0.717, 1.165) is 14.9 Å². The van der Waals surface area contributed by atoms with Gasteiger partial charge in [0.2, 0.25) is 0 Å². The van der Waals surface area contributed by atoms with Crippen molar-refractivity contribution < 1.29 is 4.74 Å². The molecule has 0 bridgehead atoms. The molecule has 0 aliphatic heterocycles. The molecule has 0 atom stereocenters. The fourth-order valence-corrected chi connectivity index (χ4v) is 3.03. The van der Waals surface area contributed by atoms with Crippen LogP contribution < -0.4 is 4.74 Å². The van der Waals surface area contributed by atoms with E-state index in [1.54, 1.807) is 11.3 Å². The zero-order chi connectivity index (χ0) is 11.4. The van der Waals surface area contributed by atoms with Crippen molar-refractivity contribution in [3.8, 4) is 5.75 Å². The summed E-state index contributed by atoms with van der Waals surface area (Å²) >= 11 is 8.55. The van der Waals surface area contributed by atoms with Gasteiger partial charge in [-0.1, -0.05) is 28.1 Å². The molecule has 0 radical (unpaired) electrons. The summed E-state index contributed by atoms with van der Waals surface area (Å²) in [6.45, 7) is 0.629. The average Bonchev–Trinajstić information content (AvgIpc) is 2.73. The minimum atomic E-state index is 0.629. The molecule has 0 aliphatic rings. The molecule has 0 saturated carbocycles. The van der Waals surface area contributed by atoms with Crippen molar-refractivity contribution in [2.75, 3.05) is 0 Å². The minimum Gasteiger partial charge on any atom is -0.488 e. The van der Waals surface area contributed by atoms with Gasteiger partial charge in [-0.05, 0) is 45.8 Å². The first-order valence-corrected chi connectivity index (χ1v) is 7.53. The molecule has 2 aromatic rings. The van der Waals surface area contributed by atoms with Crippen molar-refractivity contribution in [2.24, 2.45) is 0 Å². The number of rotatable bonds is 4. The lowest BCUT2D eigenvalue weighted by Gasteiger charge is -2.04. The van der Waals surface area contributed by atoms with Crippen LogP contribution in [-0.2, 0) is 11.9 Å². The number of thiophene rings is 1. The minimum absolute atomic E-state index is 0.629. The van der Waals surface area contributed by atoms with E-state index < -0.39 is 0 Å². The first-order chi connectivity index (χ1) is 7.78. The lowest BCUT2D eigenvalue weighted by molar-refractivity contribution is 0.310. The van der Waals surface area contributed by atoms with Crippen LogP contribution in [0.25, 0.3) is 0 Å². The van der Waals surface area contributed by atoms with E-state index in [2.05, 4.69) is 50.1 Å². The van der Waals surface area contributed by atoms with Gasteiger partial charge in [0.05, 0.1) is 3.79 Å². The lowest BCUT2D eigenvalue weighted by atomic mass is 10.2. The summed E-state index contributed by atoms with van der Waals surface area (Å²) in [5, 5.41) is 0.880. The van der Waals surface area contributed by atoms with Crippen LogP contribution in [0.3, 0.4) is 0 Å². The van der Waals surface area contributed by atoms with E-state index >= 15 is 0 Å². The van der Waals surface area contributed by atoms with Gasteiger partial charge in [-0.15, -0.1) is 11.3 Å². The van der Waals surface area contributed by atoms with Gasteiger partial charge < -0.3 is 4.74 Å². The third-order valence-corrected chi connectivity index (χ3v) is 4.33. The van der Waals surface area contributed by atoms with E-state index in [1.165, 1.54) is 10.4 Å². The van der Waals surface area contributed by atoms with Crippen LogP contribution in [0, 0.1) is 0 Å². The second kappa shape index (κ2) is 5.84.